The van der Waals surface area contributed by atoms with E-state index in [0.29, 0.717) is 18.5 Å². The van der Waals surface area contributed by atoms with Crippen LogP contribution in [0.3, 0.4) is 0 Å². The molecule has 0 bridgehead atoms. The lowest BCUT2D eigenvalue weighted by atomic mass is 10.1. The van der Waals surface area contributed by atoms with Crippen molar-refractivity contribution in [2.75, 3.05) is 26.7 Å². The highest BCUT2D eigenvalue weighted by atomic mass is 16.2. The van der Waals surface area contributed by atoms with Gasteiger partial charge in [0.15, 0.2) is 0 Å². The number of nitrogens with zero attached hydrogens (tertiary/aromatic N) is 2. The predicted octanol–water partition coefficient (Wildman–Crippen LogP) is 0.420. The Hall–Kier alpha value is -0.610. The van der Waals surface area contributed by atoms with Gasteiger partial charge < -0.3 is 10.6 Å². The van der Waals surface area contributed by atoms with Crippen molar-refractivity contribution >= 4 is 5.91 Å². The Bertz CT molecular complexity index is 251. The topological polar surface area (TPSA) is 49.6 Å². The molecule has 2 fully saturated rings. The summed E-state index contributed by atoms with van der Waals surface area (Å²) in [6.07, 6.45) is 6.08. The maximum atomic E-state index is 12.0. The van der Waals surface area contributed by atoms with E-state index in [0.717, 1.165) is 19.5 Å². The third-order valence-electron chi connectivity index (χ3n) is 3.98. The normalized spacial score (nSPS) is 27.3. The predicted molar refractivity (Wildman–Crippen MR) is 64.1 cm³/mol. The van der Waals surface area contributed by atoms with E-state index in [2.05, 4.69) is 4.90 Å². The maximum absolute atomic E-state index is 12.0. The van der Waals surface area contributed by atoms with Crippen molar-refractivity contribution in [3.8, 4) is 0 Å². The molecule has 1 aliphatic heterocycles. The Kier molecular flexibility index (Phi) is 3.82. The van der Waals surface area contributed by atoms with Gasteiger partial charge in [-0.2, -0.15) is 0 Å². The molecule has 2 N–H and O–H groups in total. The van der Waals surface area contributed by atoms with Crippen LogP contribution in [0.4, 0.5) is 0 Å². The fourth-order valence-electron chi connectivity index (χ4n) is 3.09. The summed E-state index contributed by atoms with van der Waals surface area (Å²) in [4.78, 5) is 16.2. The summed E-state index contributed by atoms with van der Waals surface area (Å²) in [5, 5.41) is 0. The van der Waals surface area contributed by atoms with Gasteiger partial charge in [-0.15, -0.1) is 0 Å². The van der Waals surface area contributed by atoms with Gasteiger partial charge in [-0.25, -0.2) is 0 Å². The first-order valence-corrected chi connectivity index (χ1v) is 6.45. The van der Waals surface area contributed by atoms with Crippen molar-refractivity contribution in [2.24, 2.45) is 5.73 Å². The second-order valence-corrected chi connectivity index (χ2v) is 5.03. The second-order valence-electron chi connectivity index (χ2n) is 5.03. The van der Waals surface area contributed by atoms with Gasteiger partial charge in [-0.05, 0) is 19.3 Å². The van der Waals surface area contributed by atoms with Crippen LogP contribution in [0.25, 0.3) is 0 Å². The van der Waals surface area contributed by atoms with Gasteiger partial charge in [0.1, 0.15) is 0 Å². The molecule has 1 aliphatic carbocycles. The standard InChI is InChI=1S/C12H23N3O/c1-14-8-6-11(12(14)16)15(9-7-13)10-4-2-3-5-10/h10-11H,2-9,13H2,1H3. The number of hydrogen-bond acceptors (Lipinski definition) is 3. The number of carbonyl (C=O) groups excluding carboxylic acids is 1. The zero-order valence-electron chi connectivity index (χ0n) is 10.2. The van der Waals surface area contributed by atoms with Gasteiger partial charge in [0.05, 0.1) is 6.04 Å². The minimum atomic E-state index is 0.108. The fourth-order valence-corrected chi connectivity index (χ4v) is 3.09. The lowest BCUT2D eigenvalue weighted by Crippen LogP contribution is -2.48. The van der Waals surface area contributed by atoms with Crippen LogP contribution in [0.2, 0.25) is 0 Å². The molecule has 1 heterocycles. The van der Waals surface area contributed by atoms with Crippen molar-refractivity contribution in [3.05, 3.63) is 0 Å². The van der Waals surface area contributed by atoms with Gasteiger partial charge in [0.25, 0.3) is 0 Å². The van der Waals surface area contributed by atoms with Gasteiger partial charge in [-0.1, -0.05) is 12.8 Å². The number of rotatable bonds is 4. The summed E-state index contributed by atoms with van der Waals surface area (Å²) in [7, 11) is 1.90. The maximum Gasteiger partial charge on any atom is 0.239 e. The third kappa shape index (κ3) is 2.23. The quantitative estimate of drug-likeness (QED) is 0.754. The number of likely N-dealkylation sites (tertiary alicyclic amines) is 1. The molecule has 1 unspecified atom stereocenters. The largest absolute Gasteiger partial charge is 0.344 e. The van der Waals surface area contributed by atoms with Crippen molar-refractivity contribution < 1.29 is 4.79 Å². The number of amides is 1. The Morgan fingerprint density at radius 1 is 1.38 bits per heavy atom. The lowest BCUT2D eigenvalue weighted by Gasteiger charge is -2.32. The minimum absolute atomic E-state index is 0.108. The first-order valence-electron chi connectivity index (χ1n) is 6.45. The Labute approximate surface area is 97.8 Å². The number of hydrogen-bond donors (Lipinski definition) is 1. The van der Waals surface area contributed by atoms with E-state index in [1.165, 1.54) is 25.7 Å². The van der Waals surface area contributed by atoms with Crippen LogP contribution in [0.15, 0.2) is 0 Å². The first-order chi connectivity index (χ1) is 7.74. The highest BCUT2D eigenvalue weighted by Gasteiger charge is 2.37. The molecule has 1 atom stereocenters. The molecule has 4 heteroatoms. The average Bonchev–Trinajstić information content (AvgIpc) is 2.89. The molecule has 92 valence electrons. The van der Waals surface area contributed by atoms with Crippen LogP contribution >= 0.6 is 0 Å². The SMILES string of the molecule is CN1CCC(N(CCN)C2CCCC2)C1=O. The highest BCUT2D eigenvalue weighted by Crippen LogP contribution is 2.27. The average molecular weight is 225 g/mol. The molecule has 0 aromatic carbocycles. The molecule has 2 aliphatic rings. The molecule has 16 heavy (non-hydrogen) atoms. The Morgan fingerprint density at radius 2 is 2.06 bits per heavy atom. The first kappa shape index (κ1) is 11.9. The molecule has 0 spiro atoms. The molecule has 4 nitrogen and oxygen atoms in total. The zero-order valence-corrected chi connectivity index (χ0v) is 10.2. The van der Waals surface area contributed by atoms with Gasteiger partial charge in [0, 0.05) is 32.7 Å². The van der Waals surface area contributed by atoms with Gasteiger partial charge in [0.2, 0.25) is 5.91 Å². The van der Waals surface area contributed by atoms with E-state index in [4.69, 9.17) is 5.73 Å². The Balaban J connectivity index is 2.03. The summed E-state index contributed by atoms with van der Waals surface area (Å²) in [5.74, 6) is 0.292. The van der Waals surface area contributed by atoms with Crippen LogP contribution < -0.4 is 5.73 Å². The third-order valence-corrected chi connectivity index (χ3v) is 3.98. The summed E-state index contributed by atoms with van der Waals surface area (Å²) < 4.78 is 0. The molecule has 1 amide bonds. The number of likely N-dealkylation sites (N-methyl/N-ethyl adjacent to an activating group) is 1. The van der Waals surface area contributed by atoms with Gasteiger partial charge in [-0.3, -0.25) is 9.69 Å². The van der Waals surface area contributed by atoms with E-state index in [1.54, 1.807) is 0 Å². The molecular weight excluding hydrogens is 202 g/mol. The number of carbonyl (C=O) groups is 1. The summed E-state index contributed by atoms with van der Waals surface area (Å²) in [5.41, 5.74) is 5.68. The van der Waals surface area contributed by atoms with E-state index in [1.807, 2.05) is 11.9 Å². The monoisotopic (exact) mass is 225 g/mol. The van der Waals surface area contributed by atoms with Crippen LogP contribution in [-0.2, 0) is 4.79 Å². The van der Waals surface area contributed by atoms with E-state index >= 15 is 0 Å². The zero-order chi connectivity index (χ0) is 11.5. The minimum Gasteiger partial charge on any atom is -0.344 e. The summed E-state index contributed by atoms with van der Waals surface area (Å²) in [6, 6.07) is 0.709. The number of nitrogens with two attached hydrogens (primary N) is 1. The fraction of sp³-hybridized carbons (Fsp3) is 0.917. The summed E-state index contributed by atoms with van der Waals surface area (Å²) >= 11 is 0. The molecule has 0 radical (unpaired) electrons. The molecular formula is C12H23N3O. The van der Waals surface area contributed by atoms with Crippen molar-refractivity contribution in [1.82, 2.24) is 9.80 Å². The van der Waals surface area contributed by atoms with Crippen LogP contribution in [0.1, 0.15) is 32.1 Å². The van der Waals surface area contributed by atoms with E-state index in [9.17, 15) is 4.79 Å². The molecule has 0 aromatic rings. The van der Waals surface area contributed by atoms with Crippen LogP contribution in [0, 0.1) is 0 Å². The van der Waals surface area contributed by atoms with E-state index in [-0.39, 0.29) is 6.04 Å². The summed E-state index contributed by atoms with van der Waals surface area (Å²) in [6.45, 7) is 2.43. The molecule has 2 rings (SSSR count). The molecule has 1 saturated heterocycles. The van der Waals surface area contributed by atoms with E-state index < -0.39 is 0 Å². The lowest BCUT2D eigenvalue weighted by molar-refractivity contribution is -0.131. The molecule has 0 aromatic heterocycles. The van der Waals surface area contributed by atoms with Gasteiger partial charge >= 0.3 is 0 Å². The van der Waals surface area contributed by atoms with Crippen molar-refractivity contribution in [3.63, 3.8) is 0 Å². The van der Waals surface area contributed by atoms with Crippen molar-refractivity contribution in [2.45, 2.75) is 44.2 Å². The van der Waals surface area contributed by atoms with Crippen LogP contribution in [-0.4, -0.2) is 54.5 Å². The smallest absolute Gasteiger partial charge is 0.239 e. The molecule has 1 saturated carbocycles. The second kappa shape index (κ2) is 5.15. The van der Waals surface area contributed by atoms with Crippen molar-refractivity contribution in [1.29, 1.82) is 0 Å². The highest BCUT2D eigenvalue weighted by molar-refractivity contribution is 5.83. The van der Waals surface area contributed by atoms with Crippen LogP contribution in [0.5, 0.6) is 0 Å². The Morgan fingerprint density at radius 3 is 2.56 bits per heavy atom.